The molecule has 23 heavy (non-hydrogen) atoms. The smallest absolute Gasteiger partial charge is 0.227 e. The summed E-state index contributed by atoms with van der Waals surface area (Å²) < 4.78 is 0. The van der Waals surface area contributed by atoms with E-state index in [1.165, 1.54) is 17.7 Å². The van der Waals surface area contributed by atoms with E-state index in [0.717, 1.165) is 25.0 Å². The molecule has 5 nitrogen and oxygen atoms in total. The fourth-order valence-electron chi connectivity index (χ4n) is 3.72. The Balaban J connectivity index is 1.53. The molecule has 3 rings (SSSR count). The van der Waals surface area contributed by atoms with Crippen LogP contribution >= 0.6 is 11.3 Å². The van der Waals surface area contributed by atoms with Crippen LogP contribution in [0.25, 0.3) is 0 Å². The number of aromatic nitrogens is 1. The predicted octanol–water partition coefficient (Wildman–Crippen LogP) is 2.24. The molecular formula is C17H25N3O2S. The molecule has 0 bridgehead atoms. The molecule has 1 saturated heterocycles. The lowest BCUT2D eigenvalue weighted by Gasteiger charge is -2.25. The molecule has 1 aliphatic carbocycles. The van der Waals surface area contributed by atoms with Crippen molar-refractivity contribution in [3.05, 3.63) is 16.1 Å². The fraction of sp³-hybridized carbons (Fsp3) is 0.706. The molecule has 2 fully saturated rings. The number of aryl methyl sites for hydroxylation is 1. The first-order valence-electron chi connectivity index (χ1n) is 8.49. The maximum atomic E-state index is 12.6. The Morgan fingerprint density at radius 3 is 2.83 bits per heavy atom. The SMILES string of the molecule is Cc1ncsc1CCN(C)C(=O)[C@H]1CC(=O)N(C2CCCC2)C1. The number of thiazole rings is 1. The Bertz CT molecular complexity index is 580. The van der Waals surface area contributed by atoms with Crippen LogP contribution in [0.2, 0.25) is 0 Å². The summed E-state index contributed by atoms with van der Waals surface area (Å²) in [6.07, 6.45) is 5.85. The van der Waals surface area contributed by atoms with Gasteiger partial charge < -0.3 is 9.80 Å². The summed E-state index contributed by atoms with van der Waals surface area (Å²) in [6, 6.07) is 0.380. The number of rotatable bonds is 5. The van der Waals surface area contributed by atoms with Crippen LogP contribution in [-0.4, -0.2) is 52.8 Å². The van der Waals surface area contributed by atoms with Gasteiger partial charge in [-0.1, -0.05) is 12.8 Å². The molecule has 1 aromatic rings. The molecule has 1 atom stereocenters. The Morgan fingerprint density at radius 2 is 2.17 bits per heavy atom. The summed E-state index contributed by atoms with van der Waals surface area (Å²) in [4.78, 5) is 34.1. The van der Waals surface area contributed by atoms with E-state index in [-0.39, 0.29) is 17.7 Å². The highest BCUT2D eigenvalue weighted by atomic mass is 32.1. The summed E-state index contributed by atoms with van der Waals surface area (Å²) in [5.41, 5.74) is 2.90. The topological polar surface area (TPSA) is 53.5 Å². The van der Waals surface area contributed by atoms with E-state index in [1.54, 1.807) is 16.2 Å². The van der Waals surface area contributed by atoms with Crippen molar-refractivity contribution in [2.24, 2.45) is 5.92 Å². The number of likely N-dealkylation sites (N-methyl/N-ethyl adjacent to an activating group) is 1. The Labute approximate surface area is 141 Å². The van der Waals surface area contributed by atoms with Crippen molar-refractivity contribution >= 4 is 23.2 Å². The van der Waals surface area contributed by atoms with Crippen molar-refractivity contribution in [1.82, 2.24) is 14.8 Å². The number of carbonyl (C=O) groups is 2. The zero-order valence-corrected chi connectivity index (χ0v) is 14.8. The van der Waals surface area contributed by atoms with Gasteiger partial charge in [-0.25, -0.2) is 4.98 Å². The van der Waals surface area contributed by atoms with Crippen LogP contribution in [0.1, 0.15) is 42.7 Å². The molecule has 0 N–H and O–H groups in total. The summed E-state index contributed by atoms with van der Waals surface area (Å²) in [6.45, 7) is 3.31. The van der Waals surface area contributed by atoms with Gasteiger partial charge in [0.2, 0.25) is 11.8 Å². The van der Waals surface area contributed by atoms with Crippen molar-refractivity contribution in [2.45, 2.75) is 51.5 Å². The molecule has 0 spiro atoms. The first-order valence-corrected chi connectivity index (χ1v) is 9.37. The molecule has 1 aromatic heterocycles. The van der Waals surface area contributed by atoms with Gasteiger partial charge in [0.25, 0.3) is 0 Å². The van der Waals surface area contributed by atoms with Crippen LogP contribution in [-0.2, 0) is 16.0 Å². The van der Waals surface area contributed by atoms with Crippen LogP contribution in [0, 0.1) is 12.8 Å². The lowest BCUT2D eigenvalue weighted by atomic mass is 10.1. The Hall–Kier alpha value is -1.43. The van der Waals surface area contributed by atoms with Gasteiger partial charge in [0.15, 0.2) is 0 Å². The van der Waals surface area contributed by atoms with Gasteiger partial charge in [-0.3, -0.25) is 9.59 Å². The van der Waals surface area contributed by atoms with Crippen LogP contribution in [0.15, 0.2) is 5.51 Å². The van der Waals surface area contributed by atoms with E-state index in [0.29, 0.717) is 25.6 Å². The molecule has 0 aromatic carbocycles. The van der Waals surface area contributed by atoms with Crippen LogP contribution in [0.5, 0.6) is 0 Å². The van der Waals surface area contributed by atoms with Crippen molar-refractivity contribution in [1.29, 1.82) is 0 Å². The van der Waals surface area contributed by atoms with Crippen molar-refractivity contribution in [3.8, 4) is 0 Å². The Morgan fingerprint density at radius 1 is 1.43 bits per heavy atom. The summed E-state index contributed by atoms with van der Waals surface area (Å²) in [7, 11) is 1.85. The number of carbonyl (C=O) groups excluding carboxylic acids is 2. The highest BCUT2D eigenvalue weighted by molar-refractivity contribution is 7.09. The molecule has 6 heteroatoms. The van der Waals surface area contributed by atoms with Gasteiger partial charge in [0.05, 0.1) is 17.1 Å². The molecule has 1 aliphatic heterocycles. The monoisotopic (exact) mass is 335 g/mol. The third-order valence-corrected chi connectivity index (χ3v) is 6.16. The highest BCUT2D eigenvalue weighted by Gasteiger charge is 2.39. The maximum Gasteiger partial charge on any atom is 0.227 e. The number of hydrogen-bond donors (Lipinski definition) is 0. The van der Waals surface area contributed by atoms with Gasteiger partial charge in [-0.05, 0) is 19.8 Å². The molecule has 2 aliphatic rings. The molecule has 2 amide bonds. The van der Waals surface area contributed by atoms with E-state index >= 15 is 0 Å². The molecule has 2 heterocycles. The van der Waals surface area contributed by atoms with E-state index < -0.39 is 0 Å². The number of amides is 2. The normalized spacial score (nSPS) is 22.1. The van der Waals surface area contributed by atoms with Gasteiger partial charge in [0, 0.05) is 43.9 Å². The average molecular weight is 335 g/mol. The minimum atomic E-state index is -0.157. The quantitative estimate of drug-likeness (QED) is 0.829. The third-order valence-electron chi connectivity index (χ3n) is 5.17. The second-order valence-corrected chi connectivity index (χ2v) is 7.70. The number of nitrogens with zero attached hydrogens (tertiary/aromatic N) is 3. The van der Waals surface area contributed by atoms with E-state index in [9.17, 15) is 9.59 Å². The Kier molecular flexibility index (Phi) is 4.99. The van der Waals surface area contributed by atoms with Crippen LogP contribution < -0.4 is 0 Å². The largest absolute Gasteiger partial charge is 0.345 e. The minimum Gasteiger partial charge on any atom is -0.345 e. The van der Waals surface area contributed by atoms with Crippen LogP contribution in [0.3, 0.4) is 0 Å². The van der Waals surface area contributed by atoms with Gasteiger partial charge in [0.1, 0.15) is 0 Å². The van der Waals surface area contributed by atoms with Gasteiger partial charge in [-0.2, -0.15) is 0 Å². The predicted molar refractivity (Wildman–Crippen MR) is 90.3 cm³/mol. The fourth-order valence-corrected chi connectivity index (χ4v) is 4.49. The minimum absolute atomic E-state index is 0.112. The first kappa shape index (κ1) is 16.4. The summed E-state index contributed by atoms with van der Waals surface area (Å²) >= 11 is 1.64. The van der Waals surface area contributed by atoms with E-state index in [2.05, 4.69) is 4.98 Å². The van der Waals surface area contributed by atoms with Gasteiger partial charge in [-0.15, -0.1) is 11.3 Å². The molecule has 0 radical (unpaired) electrons. The molecule has 1 saturated carbocycles. The standard InChI is InChI=1S/C17H25N3O2S/c1-12-15(23-11-18-12)7-8-19(2)17(22)13-9-16(21)20(10-13)14-5-3-4-6-14/h11,13-14H,3-10H2,1-2H3/t13-/m0/s1. The number of likely N-dealkylation sites (tertiary alicyclic amines) is 1. The van der Waals surface area contributed by atoms with Crippen molar-refractivity contribution in [3.63, 3.8) is 0 Å². The van der Waals surface area contributed by atoms with E-state index in [1.807, 2.05) is 24.4 Å². The highest BCUT2D eigenvalue weighted by Crippen LogP contribution is 2.30. The lowest BCUT2D eigenvalue weighted by molar-refractivity contribution is -0.134. The second-order valence-electron chi connectivity index (χ2n) is 6.76. The van der Waals surface area contributed by atoms with Gasteiger partial charge >= 0.3 is 0 Å². The van der Waals surface area contributed by atoms with Crippen molar-refractivity contribution < 1.29 is 9.59 Å². The summed E-state index contributed by atoms with van der Waals surface area (Å²) in [5.74, 6) is 0.124. The lowest BCUT2D eigenvalue weighted by Crippen LogP contribution is -2.38. The zero-order chi connectivity index (χ0) is 16.4. The molecule has 126 valence electrons. The first-order chi connectivity index (χ1) is 11.1. The number of hydrogen-bond acceptors (Lipinski definition) is 4. The summed E-state index contributed by atoms with van der Waals surface area (Å²) in [5, 5.41) is 0. The van der Waals surface area contributed by atoms with Crippen molar-refractivity contribution in [2.75, 3.05) is 20.1 Å². The second kappa shape index (κ2) is 6.99. The van der Waals surface area contributed by atoms with Crippen LogP contribution in [0.4, 0.5) is 0 Å². The average Bonchev–Trinajstić information content (AvgIpc) is 3.25. The third kappa shape index (κ3) is 3.57. The van der Waals surface area contributed by atoms with E-state index in [4.69, 9.17) is 0 Å². The maximum absolute atomic E-state index is 12.6. The molecule has 0 unspecified atom stereocenters. The zero-order valence-electron chi connectivity index (χ0n) is 14.0. The molecular weight excluding hydrogens is 310 g/mol.